The highest BCUT2D eigenvalue weighted by molar-refractivity contribution is 7.47. The van der Waals surface area contributed by atoms with E-state index in [0.717, 1.165) is 173 Å². The molecule has 568 valence electrons. The van der Waals surface area contributed by atoms with Crippen molar-refractivity contribution in [2.24, 2.45) is 0 Å². The Morgan fingerprint density at radius 2 is 0.535 bits per heavy atom. The second-order valence-corrected chi connectivity index (χ2v) is 28.3. The Morgan fingerprint density at radius 3 is 0.848 bits per heavy atom. The van der Waals surface area contributed by atoms with Crippen LogP contribution in [0.5, 0.6) is 0 Å². The Morgan fingerprint density at radius 1 is 0.293 bits per heavy atom. The number of rotatable bonds is 72. The molecule has 18 heteroatoms. The van der Waals surface area contributed by atoms with E-state index in [0.29, 0.717) is 19.3 Å². The van der Waals surface area contributed by atoms with Crippen LogP contribution in [0.3, 0.4) is 0 Å². The second-order valence-electron chi connectivity index (χ2n) is 25.4. The first kappa shape index (κ1) is 94.7. The van der Waals surface area contributed by atoms with Crippen LogP contribution in [0.15, 0.2) is 134 Å². The summed E-state index contributed by atoms with van der Waals surface area (Å²) >= 11 is 0. The van der Waals surface area contributed by atoms with Gasteiger partial charge < -0.3 is 34.2 Å². The largest absolute Gasteiger partial charge is 0.472 e. The van der Waals surface area contributed by atoms with Crippen molar-refractivity contribution in [2.45, 2.75) is 322 Å². The Hall–Kier alpha value is -4.31. The van der Waals surface area contributed by atoms with E-state index in [9.17, 15) is 43.5 Å². The highest BCUT2D eigenvalue weighted by Crippen LogP contribution is 2.45. The summed E-state index contributed by atoms with van der Waals surface area (Å²) in [6.45, 7) is 2.40. The van der Waals surface area contributed by atoms with E-state index < -0.39 is 91.5 Å². The lowest BCUT2D eigenvalue weighted by atomic mass is 10.0. The molecule has 0 saturated carbocycles. The average molecular weight is 1430 g/mol. The van der Waals surface area contributed by atoms with E-state index in [-0.39, 0.29) is 19.3 Å². The Balaban J connectivity index is 4.60. The van der Waals surface area contributed by atoms with Gasteiger partial charge in [-0.15, -0.1) is 0 Å². The first-order valence-corrected chi connectivity index (χ1v) is 41.5. The molecule has 4 N–H and O–H groups in total. The van der Waals surface area contributed by atoms with Gasteiger partial charge in [0.2, 0.25) is 0 Å². The molecule has 5 unspecified atom stereocenters. The van der Waals surface area contributed by atoms with Crippen LogP contribution >= 0.6 is 15.6 Å². The number of unbranched alkanes of at least 4 members (excludes halogenated alkanes) is 27. The van der Waals surface area contributed by atoms with Crippen LogP contribution in [-0.2, 0) is 55.8 Å². The molecule has 0 aliphatic rings. The lowest BCUT2D eigenvalue weighted by Crippen LogP contribution is -2.30. The highest BCUT2D eigenvalue weighted by atomic mass is 31.2. The van der Waals surface area contributed by atoms with Gasteiger partial charge in [0, 0.05) is 19.3 Å². The van der Waals surface area contributed by atoms with Gasteiger partial charge in [-0.2, -0.15) is 0 Å². The summed E-state index contributed by atoms with van der Waals surface area (Å²) < 4.78 is 61.1. The zero-order valence-corrected chi connectivity index (χ0v) is 63.7. The first-order chi connectivity index (χ1) is 48.2. The Labute approximate surface area is 601 Å². The van der Waals surface area contributed by atoms with E-state index in [1.807, 2.05) is 0 Å². The van der Waals surface area contributed by atoms with Gasteiger partial charge in [-0.05, 0) is 135 Å². The molecule has 5 atom stereocenters. The summed E-state index contributed by atoms with van der Waals surface area (Å²) in [5, 5.41) is 20.6. The first-order valence-electron chi connectivity index (χ1n) is 38.5. The van der Waals surface area contributed by atoms with Gasteiger partial charge in [-0.3, -0.25) is 32.5 Å². The molecule has 0 rings (SSSR count). The Bertz CT molecular complexity index is 2330. The van der Waals surface area contributed by atoms with E-state index in [4.69, 9.17) is 32.3 Å². The predicted octanol–water partition coefficient (Wildman–Crippen LogP) is 22.3. The number of allylic oxidation sites excluding steroid dienone is 22. The fraction of sp³-hybridized carbons (Fsp3) is 0.691. The highest BCUT2D eigenvalue weighted by Gasteiger charge is 2.29. The van der Waals surface area contributed by atoms with Crippen molar-refractivity contribution >= 4 is 33.6 Å². The standard InChI is InChI=1S/C81H138O16P2/c1-4-7-10-13-16-19-22-25-28-31-33-34-35-36-37-38-39-40-42-45-46-49-52-55-58-61-64-67-79(84)91-70-76(82)71-93-98(87,88)94-72-77(83)73-95-99(89,90)96-75-78(97-81(86)69-66-63-60-57-54-51-48-43-30-27-24-21-18-15-12-9-6-3)74-92-80(85)68-65-62-59-56-53-50-47-44-41-32-29-26-23-20-17-14-11-8-5-2/h8-9,11-12,16-21,25-30,33-34,36-37,41,44,76-78,82-83H,4-7,10,13-15,22-24,31-32,35,38-40,42-43,45-75H2,1-3H3,(H,87,88)(H,89,90)/b11-8-,12-9-,19-16-,20-17-,21-18-,28-25-,29-26-,30-27-,34-33-,37-36-,44-41-. The van der Waals surface area contributed by atoms with E-state index in [2.05, 4.69) is 154 Å². The van der Waals surface area contributed by atoms with Crippen LogP contribution in [-0.4, -0.2) is 95.9 Å². The molecule has 0 spiro atoms. The van der Waals surface area contributed by atoms with Crippen molar-refractivity contribution in [3.8, 4) is 0 Å². The molecule has 0 radical (unpaired) electrons. The third kappa shape index (κ3) is 74.7. The molecule has 0 aliphatic heterocycles. The van der Waals surface area contributed by atoms with E-state index in [1.165, 1.54) is 70.6 Å². The Kier molecular flexibility index (Phi) is 70.2. The minimum Gasteiger partial charge on any atom is -0.463 e. The zero-order chi connectivity index (χ0) is 72.3. The quantitative estimate of drug-likeness (QED) is 0.0146. The molecule has 0 amide bonds. The van der Waals surface area contributed by atoms with Gasteiger partial charge in [-0.1, -0.05) is 283 Å². The number of aliphatic hydroxyl groups is 2. The number of phosphoric acid groups is 2. The van der Waals surface area contributed by atoms with E-state index >= 15 is 0 Å². The third-order valence-electron chi connectivity index (χ3n) is 15.8. The molecule has 16 nitrogen and oxygen atoms in total. The maximum Gasteiger partial charge on any atom is 0.472 e. The van der Waals surface area contributed by atoms with Crippen molar-refractivity contribution in [2.75, 3.05) is 39.6 Å². The summed E-state index contributed by atoms with van der Waals surface area (Å²) in [6, 6.07) is 0. The fourth-order valence-electron chi connectivity index (χ4n) is 10.0. The maximum absolute atomic E-state index is 13.0. The summed E-state index contributed by atoms with van der Waals surface area (Å²) in [7, 11) is -9.80. The summed E-state index contributed by atoms with van der Waals surface area (Å²) in [5.74, 6) is -1.61. The van der Waals surface area contributed by atoms with Crippen LogP contribution in [0.2, 0.25) is 0 Å². The molecule has 0 heterocycles. The normalized spacial score (nSPS) is 14.8. The lowest BCUT2D eigenvalue weighted by Gasteiger charge is -2.21. The number of phosphoric ester groups is 2. The molecule has 0 fully saturated rings. The number of aliphatic hydroxyl groups excluding tert-OH is 2. The van der Waals surface area contributed by atoms with Crippen LogP contribution in [0.4, 0.5) is 0 Å². The van der Waals surface area contributed by atoms with Crippen molar-refractivity contribution in [1.29, 1.82) is 0 Å². The molecule has 0 aromatic carbocycles. The number of hydrogen-bond donors (Lipinski definition) is 4. The number of hydrogen-bond acceptors (Lipinski definition) is 14. The number of esters is 3. The molecular weight excluding hydrogens is 1290 g/mol. The minimum absolute atomic E-state index is 0.0866. The van der Waals surface area contributed by atoms with Crippen molar-refractivity contribution in [3.63, 3.8) is 0 Å². The molecule has 0 bridgehead atoms. The molecule has 0 aromatic heterocycles. The van der Waals surface area contributed by atoms with Crippen LogP contribution in [0.1, 0.15) is 303 Å². The molecule has 0 aliphatic carbocycles. The minimum atomic E-state index is -4.94. The smallest absolute Gasteiger partial charge is 0.463 e. The van der Waals surface area contributed by atoms with Gasteiger partial charge >= 0.3 is 33.6 Å². The maximum atomic E-state index is 13.0. The van der Waals surface area contributed by atoms with Crippen molar-refractivity contribution in [3.05, 3.63) is 134 Å². The van der Waals surface area contributed by atoms with Crippen LogP contribution in [0, 0.1) is 0 Å². The van der Waals surface area contributed by atoms with Crippen LogP contribution in [0.25, 0.3) is 0 Å². The SMILES string of the molecule is CC/C=C\C/C=C\C/C=C\C/C=C\CCCCCCCCC(=O)OCC(COP(=O)(O)OCC(O)COP(=O)(O)OCC(O)COC(=O)CCCCCCCCCCCCC/C=C\C/C=C\C/C=C\C/C=C\CCCCC)OC(=O)CCCCCCCCC/C=C\C/C=C\C/C=C\CC. The summed E-state index contributed by atoms with van der Waals surface area (Å²) in [6.07, 6.45) is 87.8. The molecular formula is C81H138O16P2. The van der Waals surface area contributed by atoms with Gasteiger partial charge in [0.05, 0.1) is 26.4 Å². The second kappa shape index (κ2) is 73.4. The zero-order valence-electron chi connectivity index (χ0n) is 61.9. The van der Waals surface area contributed by atoms with Gasteiger partial charge in [-0.25, -0.2) is 9.13 Å². The average Bonchev–Trinajstić information content (AvgIpc) is 3.78. The van der Waals surface area contributed by atoms with Gasteiger partial charge in [0.1, 0.15) is 25.4 Å². The fourth-order valence-corrected chi connectivity index (χ4v) is 11.6. The van der Waals surface area contributed by atoms with Crippen LogP contribution < -0.4 is 0 Å². The summed E-state index contributed by atoms with van der Waals surface area (Å²) in [5.41, 5.74) is 0. The molecule has 0 saturated heterocycles. The number of carbonyl (C=O) groups excluding carboxylic acids is 3. The van der Waals surface area contributed by atoms with Gasteiger partial charge in [0.15, 0.2) is 6.10 Å². The molecule has 99 heavy (non-hydrogen) atoms. The predicted molar refractivity (Wildman–Crippen MR) is 408 cm³/mol. The van der Waals surface area contributed by atoms with Crippen molar-refractivity contribution < 1.29 is 75.8 Å². The number of ether oxygens (including phenoxy) is 3. The topological polar surface area (TPSA) is 231 Å². The van der Waals surface area contributed by atoms with Gasteiger partial charge in [0.25, 0.3) is 0 Å². The third-order valence-corrected chi connectivity index (χ3v) is 17.7. The summed E-state index contributed by atoms with van der Waals surface area (Å²) in [4.78, 5) is 58.6. The monoisotopic (exact) mass is 1430 g/mol. The van der Waals surface area contributed by atoms with Crippen molar-refractivity contribution in [1.82, 2.24) is 0 Å². The lowest BCUT2D eigenvalue weighted by molar-refractivity contribution is -0.161. The van der Waals surface area contributed by atoms with E-state index in [1.54, 1.807) is 0 Å². The molecule has 0 aromatic rings. The number of carbonyl (C=O) groups is 3.